The molecule has 1 heterocycles. The monoisotopic (exact) mass is 287 g/mol. The number of hydrogen-bond acceptors (Lipinski definition) is 4. The number of anilines is 2. The van der Waals surface area contributed by atoms with Gasteiger partial charge in [-0.15, -0.1) is 0 Å². The van der Waals surface area contributed by atoms with Gasteiger partial charge in [-0.1, -0.05) is 12.1 Å². The molecule has 0 unspecified atom stereocenters. The van der Waals surface area contributed by atoms with E-state index in [1.54, 1.807) is 0 Å². The van der Waals surface area contributed by atoms with E-state index in [2.05, 4.69) is 58.1 Å². The average molecular weight is 287 g/mol. The van der Waals surface area contributed by atoms with E-state index >= 15 is 0 Å². The Bertz CT molecular complexity index is 586. The summed E-state index contributed by atoms with van der Waals surface area (Å²) >= 11 is 0. The first kappa shape index (κ1) is 15.4. The Kier molecular flexibility index (Phi) is 4.85. The molecule has 5 nitrogen and oxygen atoms in total. The van der Waals surface area contributed by atoms with Crippen LogP contribution in [0.3, 0.4) is 0 Å². The van der Waals surface area contributed by atoms with Crippen LogP contribution in [0.1, 0.15) is 11.3 Å². The smallest absolute Gasteiger partial charge is 0.204 e. The predicted octanol–water partition coefficient (Wildman–Crippen LogP) is 2.16. The molecule has 0 radical (unpaired) electrons. The fourth-order valence-electron chi connectivity index (χ4n) is 2.35. The Morgan fingerprint density at radius 1 is 1.19 bits per heavy atom. The second-order valence-electron chi connectivity index (χ2n) is 5.79. The summed E-state index contributed by atoms with van der Waals surface area (Å²) in [6, 6.07) is 8.54. The number of nitrogens with zero attached hydrogens (tertiary/aromatic N) is 4. The van der Waals surface area contributed by atoms with Gasteiger partial charge in [0, 0.05) is 33.4 Å². The molecule has 0 aliphatic rings. The maximum Gasteiger partial charge on any atom is 0.204 e. The molecule has 114 valence electrons. The summed E-state index contributed by atoms with van der Waals surface area (Å²) in [4.78, 5) is 8.61. The molecule has 0 saturated heterocycles. The van der Waals surface area contributed by atoms with Crippen LogP contribution in [0.4, 0.5) is 11.6 Å². The Morgan fingerprint density at radius 2 is 1.95 bits per heavy atom. The van der Waals surface area contributed by atoms with Crippen LogP contribution < -0.4 is 10.2 Å². The number of nitrogens with one attached hydrogen (secondary N) is 1. The molecule has 2 aromatic rings. The van der Waals surface area contributed by atoms with E-state index in [0.29, 0.717) is 0 Å². The molecule has 0 saturated carbocycles. The van der Waals surface area contributed by atoms with Crippen LogP contribution in [0.25, 0.3) is 0 Å². The van der Waals surface area contributed by atoms with Gasteiger partial charge in [0.1, 0.15) is 0 Å². The van der Waals surface area contributed by atoms with Crippen LogP contribution in [0.5, 0.6) is 0 Å². The Morgan fingerprint density at radius 3 is 2.57 bits per heavy atom. The molecule has 0 fully saturated rings. The second-order valence-corrected chi connectivity index (χ2v) is 5.79. The number of hydrogen-bond donors (Lipinski definition) is 1. The maximum absolute atomic E-state index is 4.43. The van der Waals surface area contributed by atoms with E-state index in [-0.39, 0.29) is 0 Å². The lowest BCUT2D eigenvalue weighted by atomic mass is 10.2. The third-order valence-electron chi connectivity index (χ3n) is 3.36. The number of benzene rings is 1. The number of imidazole rings is 1. The number of rotatable bonds is 6. The highest BCUT2D eigenvalue weighted by Crippen LogP contribution is 2.15. The quantitative estimate of drug-likeness (QED) is 0.883. The van der Waals surface area contributed by atoms with Crippen molar-refractivity contribution in [1.29, 1.82) is 0 Å². The molecule has 0 spiro atoms. The van der Waals surface area contributed by atoms with Crippen molar-refractivity contribution in [3.63, 3.8) is 0 Å². The second kappa shape index (κ2) is 6.63. The van der Waals surface area contributed by atoms with E-state index in [4.69, 9.17) is 0 Å². The lowest BCUT2D eigenvalue weighted by molar-refractivity contribution is 0.402. The fourth-order valence-corrected chi connectivity index (χ4v) is 2.35. The third kappa shape index (κ3) is 3.98. The van der Waals surface area contributed by atoms with Crippen molar-refractivity contribution in [3.05, 3.63) is 41.7 Å². The van der Waals surface area contributed by atoms with Gasteiger partial charge < -0.3 is 19.7 Å². The van der Waals surface area contributed by atoms with Crippen LogP contribution in [-0.4, -0.2) is 42.6 Å². The largest absolute Gasteiger partial charge is 0.379 e. The van der Waals surface area contributed by atoms with Gasteiger partial charge in [0.2, 0.25) is 5.95 Å². The van der Waals surface area contributed by atoms with Crippen LogP contribution in [-0.2, 0) is 20.1 Å². The van der Waals surface area contributed by atoms with Crippen molar-refractivity contribution in [2.24, 2.45) is 7.05 Å². The predicted molar refractivity (Wildman–Crippen MR) is 88.7 cm³/mol. The zero-order valence-corrected chi connectivity index (χ0v) is 13.6. The lowest BCUT2D eigenvalue weighted by Crippen LogP contribution is -2.15. The molecular weight excluding hydrogens is 262 g/mol. The van der Waals surface area contributed by atoms with E-state index in [1.807, 2.05) is 32.2 Å². The zero-order chi connectivity index (χ0) is 15.4. The van der Waals surface area contributed by atoms with E-state index in [0.717, 1.165) is 30.4 Å². The minimum Gasteiger partial charge on any atom is -0.379 e. The molecule has 0 aliphatic heterocycles. The van der Waals surface area contributed by atoms with Crippen LogP contribution in [0.2, 0.25) is 0 Å². The normalized spacial score (nSPS) is 11.0. The first-order valence-electron chi connectivity index (χ1n) is 7.13. The lowest BCUT2D eigenvalue weighted by Gasteiger charge is -2.14. The molecule has 21 heavy (non-hydrogen) atoms. The van der Waals surface area contributed by atoms with Crippen LogP contribution in [0, 0.1) is 0 Å². The van der Waals surface area contributed by atoms with Crippen molar-refractivity contribution in [2.45, 2.75) is 13.1 Å². The van der Waals surface area contributed by atoms with Crippen molar-refractivity contribution in [2.75, 3.05) is 38.4 Å². The van der Waals surface area contributed by atoms with Crippen molar-refractivity contribution in [3.8, 4) is 0 Å². The SMILES string of the molecule is CN(C)Cc1cccc(NCc2cnc(N(C)C)n2C)c1. The van der Waals surface area contributed by atoms with E-state index < -0.39 is 0 Å². The maximum atomic E-state index is 4.43. The summed E-state index contributed by atoms with van der Waals surface area (Å²) in [7, 11) is 10.2. The minimum absolute atomic E-state index is 0.767. The zero-order valence-electron chi connectivity index (χ0n) is 13.6. The topological polar surface area (TPSA) is 36.3 Å². The standard InChI is InChI=1S/C16H25N5/c1-19(2)12-13-7-6-8-14(9-13)17-10-15-11-18-16(20(3)4)21(15)5/h6-9,11,17H,10,12H2,1-5H3. The average Bonchev–Trinajstić information content (AvgIpc) is 2.77. The summed E-state index contributed by atoms with van der Waals surface area (Å²) in [6.45, 7) is 1.72. The molecule has 1 aromatic heterocycles. The molecule has 0 amide bonds. The highest BCUT2D eigenvalue weighted by molar-refractivity contribution is 5.46. The van der Waals surface area contributed by atoms with E-state index in [9.17, 15) is 0 Å². The van der Waals surface area contributed by atoms with Gasteiger partial charge in [-0.25, -0.2) is 4.98 Å². The summed E-state index contributed by atoms with van der Waals surface area (Å²) in [5, 5.41) is 3.47. The first-order chi connectivity index (χ1) is 9.97. The van der Waals surface area contributed by atoms with Crippen molar-refractivity contribution < 1.29 is 0 Å². The van der Waals surface area contributed by atoms with Gasteiger partial charge in [-0.2, -0.15) is 0 Å². The van der Waals surface area contributed by atoms with Crippen LogP contribution >= 0.6 is 0 Å². The molecule has 1 aromatic carbocycles. The number of aromatic nitrogens is 2. The molecule has 1 N–H and O–H groups in total. The highest BCUT2D eigenvalue weighted by atomic mass is 15.3. The van der Waals surface area contributed by atoms with Gasteiger partial charge in [-0.3, -0.25) is 0 Å². The van der Waals surface area contributed by atoms with E-state index in [1.165, 1.54) is 5.56 Å². The summed E-state index contributed by atoms with van der Waals surface area (Å²) in [6.07, 6.45) is 1.92. The van der Waals surface area contributed by atoms with Crippen LogP contribution in [0.15, 0.2) is 30.5 Å². The molecule has 0 aliphatic carbocycles. The summed E-state index contributed by atoms with van der Waals surface area (Å²) in [5.41, 5.74) is 3.61. The first-order valence-corrected chi connectivity index (χ1v) is 7.13. The van der Waals surface area contributed by atoms with Gasteiger partial charge in [0.25, 0.3) is 0 Å². The Hall–Kier alpha value is -2.01. The molecule has 5 heteroatoms. The Labute approximate surface area is 127 Å². The minimum atomic E-state index is 0.767. The fraction of sp³-hybridized carbons (Fsp3) is 0.438. The third-order valence-corrected chi connectivity index (χ3v) is 3.36. The van der Waals surface area contributed by atoms with Crippen molar-refractivity contribution in [1.82, 2.24) is 14.5 Å². The summed E-state index contributed by atoms with van der Waals surface area (Å²) in [5.74, 6) is 0.966. The van der Waals surface area contributed by atoms with Gasteiger partial charge in [-0.05, 0) is 31.8 Å². The summed E-state index contributed by atoms with van der Waals surface area (Å²) < 4.78 is 2.11. The molecular formula is C16H25N5. The molecule has 0 bridgehead atoms. The molecule has 0 atom stereocenters. The van der Waals surface area contributed by atoms with Gasteiger partial charge >= 0.3 is 0 Å². The van der Waals surface area contributed by atoms with Gasteiger partial charge in [0.05, 0.1) is 18.4 Å². The Balaban J connectivity index is 2.03. The molecule has 2 rings (SSSR count). The highest BCUT2D eigenvalue weighted by Gasteiger charge is 2.07. The van der Waals surface area contributed by atoms with Crippen molar-refractivity contribution >= 4 is 11.6 Å². The van der Waals surface area contributed by atoms with Gasteiger partial charge in [0.15, 0.2) is 0 Å².